The molecule has 0 radical (unpaired) electrons. The fourth-order valence-corrected chi connectivity index (χ4v) is 3.49. The van der Waals surface area contributed by atoms with Gasteiger partial charge in [-0.25, -0.2) is 0 Å². The molecule has 0 saturated carbocycles. The van der Waals surface area contributed by atoms with Crippen molar-refractivity contribution in [2.75, 3.05) is 26.0 Å². The van der Waals surface area contributed by atoms with Crippen LogP contribution < -0.4 is 0 Å². The highest BCUT2D eigenvalue weighted by Crippen LogP contribution is 2.28. The molecule has 27 heavy (non-hydrogen) atoms. The lowest BCUT2D eigenvalue weighted by Crippen LogP contribution is -2.30. The maximum Gasteiger partial charge on any atom is 0.232 e. The van der Waals surface area contributed by atoms with Crippen LogP contribution in [0.15, 0.2) is 59.8 Å². The Hall–Kier alpha value is -2.35. The Balaban J connectivity index is 1.92. The number of aliphatic hydroxyl groups is 1. The number of para-hydroxylation sites is 1. The molecule has 2 aromatic carbocycles. The molecule has 6 nitrogen and oxygen atoms in total. The van der Waals surface area contributed by atoms with E-state index in [4.69, 9.17) is 16.7 Å². The van der Waals surface area contributed by atoms with Gasteiger partial charge in [0.15, 0.2) is 11.0 Å². The zero-order valence-electron chi connectivity index (χ0n) is 14.7. The van der Waals surface area contributed by atoms with Gasteiger partial charge in [-0.3, -0.25) is 9.36 Å². The molecular weight excluding hydrogens is 384 g/mol. The molecule has 1 aromatic heterocycles. The van der Waals surface area contributed by atoms with Gasteiger partial charge in [-0.2, -0.15) is 0 Å². The molecule has 0 aliphatic rings. The lowest BCUT2D eigenvalue weighted by Gasteiger charge is -2.15. The minimum Gasteiger partial charge on any atom is -0.395 e. The number of thioether (sulfide) groups is 1. The summed E-state index contributed by atoms with van der Waals surface area (Å²) in [6, 6.07) is 17.1. The number of halogens is 1. The van der Waals surface area contributed by atoms with Crippen LogP contribution >= 0.6 is 23.4 Å². The van der Waals surface area contributed by atoms with E-state index in [1.165, 1.54) is 16.7 Å². The fraction of sp³-hybridized carbons (Fsp3) is 0.211. The molecule has 1 heterocycles. The minimum atomic E-state index is -0.0790. The van der Waals surface area contributed by atoms with E-state index >= 15 is 0 Å². The van der Waals surface area contributed by atoms with Crippen LogP contribution in [0.2, 0.25) is 5.02 Å². The van der Waals surface area contributed by atoms with E-state index in [-0.39, 0.29) is 18.3 Å². The lowest BCUT2D eigenvalue weighted by molar-refractivity contribution is -0.127. The van der Waals surface area contributed by atoms with Crippen molar-refractivity contribution in [2.45, 2.75) is 5.16 Å². The maximum absolute atomic E-state index is 12.2. The Bertz CT molecular complexity index is 900. The average molecular weight is 403 g/mol. The van der Waals surface area contributed by atoms with E-state index in [2.05, 4.69) is 10.2 Å². The second-order valence-corrected chi connectivity index (χ2v) is 7.19. The Kier molecular flexibility index (Phi) is 6.49. The van der Waals surface area contributed by atoms with Crippen LogP contribution in [-0.2, 0) is 4.79 Å². The van der Waals surface area contributed by atoms with Gasteiger partial charge >= 0.3 is 0 Å². The van der Waals surface area contributed by atoms with Crippen molar-refractivity contribution in [3.8, 4) is 17.1 Å². The quantitative estimate of drug-likeness (QED) is 0.615. The molecule has 140 valence electrons. The Labute approximate surface area is 166 Å². The number of rotatable bonds is 7. The van der Waals surface area contributed by atoms with Crippen LogP contribution in [-0.4, -0.2) is 56.6 Å². The van der Waals surface area contributed by atoms with Gasteiger partial charge in [-0.05, 0) is 36.4 Å². The summed E-state index contributed by atoms with van der Waals surface area (Å²) in [5.74, 6) is 0.809. The molecule has 0 bridgehead atoms. The van der Waals surface area contributed by atoms with Gasteiger partial charge in [0.1, 0.15) is 0 Å². The third-order valence-corrected chi connectivity index (χ3v) is 5.10. The highest BCUT2D eigenvalue weighted by Gasteiger charge is 2.18. The number of benzene rings is 2. The number of amides is 1. The van der Waals surface area contributed by atoms with E-state index < -0.39 is 0 Å². The number of hydrogen-bond donors (Lipinski definition) is 1. The highest BCUT2D eigenvalue weighted by atomic mass is 35.5. The van der Waals surface area contributed by atoms with Crippen LogP contribution in [0.1, 0.15) is 0 Å². The fourth-order valence-electron chi connectivity index (χ4n) is 2.47. The molecule has 0 aliphatic heterocycles. The topological polar surface area (TPSA) is 71.2 Å². The lowest BCUT2D eigenvalue weighted by atomic mass is 10.2. The Morgan fingerprint density at radius 1 is 1.15 bits per heavy atom. The van der Waals surface area contributed by atoms with E-state index in [0.29, 0.717) is 22.5 Å². The first-order valence-corrected chi connectivity index (χ1v) is 9.71. The standard InChI is InChI=1S/C19H19ClN4O2S/c1-23(11-12-25)17(26)13-27-19-22-21-18(14-7-9-15(20)10-8-14)24(19)16-5-3-2-4-6-16/h2-10,25H,11-13H2,1H3. The van der Waals surface area contributed by atoms with Crippen molar-refractivity contribution in [2.24, 2.45) is 0 Å². The Morgan fingerprint density at radius 2 is 1.85 bits per heavy atom. The number of carbonyl (C=O) groups excluding carboxylic acids is 1. The summed E-state index contributed by atoms with van der Waals surface area (Å²) in [5.41, 5.74) is 1.79. The number of aromatic nitrogens is 3. The van der Waals surface area contributed by atoms with Crippen molar-refractivity contribution >= 4 is 29.3 Å². The molecule has 1 amide bonds. The second-order valence-electron chi connectivity index (χ2n) is 5.81. The van der Waals surface area contributed by atoms with Gasteiger partial charge < -0.3 is 10.0 Å². The molecule has 0 aliphatic carbocycles. The van der Waals surface area contributed by atoms with Crippen LogP contribution in [0.4, 0.5) is 0 Å². The van der Waals surface area contributed by atoms with Crippen LogP contribution in [0.25, 0.3) is 17.1 Å². The first-order valence-electron chi connectivity index (χ1n) is 8.34. The van der Waals surface area contributed by atoms with Crippen LogP contribution in [0, 0.1) is 0 Å². The van der Waals surface area contributed by atoms with E-state index in [0.717, 1.165) is 11.3 Å². The zero-order chi connectivity index (χ0) is 19.2. The van der Waals surface area contributed by atoms with Crippen LogP contribution in [0.5, 0.6) is 0 Å². The molecular formula is C19H19ClN4O2S. The largest absolute Gasteiger partial charge is 0.395 e. The van der Waals surface area contributed by atoms with Crippen LogP contribution in [0.3, 0.4) is 0 Å². The smallest absolute Gasteiger partial charge is 0.232 e. The van der Waals surface area contributed by atoms with E-state index in [1.807, 2.05) is 47.0 Å². The maximum atomic E-state index is 12.2. The molecule has 0 fully saturated rings. The molecule has 0 spiro atoms. The van der Waals surface area contributed by atoms with Crippen molar-refractivity contribution < 1.29 is 9.90 Å². The first kappa shape index (κ1) is 19.4. The van der Waals surface area contributed by atoms with Gasteiger partial charge in [0.05, 0.1) is 12.4 Å². The van der Waals surface area contributed by atoms with Gasteiger partial charge in [-0.15, -0.1) is 10.2 Å². The molecule has 0 saturated heterocycles. The summed E-state index contributed by atoms with van der Waals surface area (Å²) < 4.78 is 1.92. The average Bonchev–Trinajstić information content (AvgIpc) is 3.11. The second kappa shape index (κ2) is 9.03. The van der Waals surface area contributed by atoms with Gasteiger partial charge in [0, 0.05) is 29.9 Å². The first-order chi connectivity index (χ1) is 13.1. The third-order valence-electron chi connectivity index (χ3n) is 3.94. The molecule has 0 atom stereocenters. The summed E-state index contributed by atoms with van der Waals surface area (Å²) >= 11 is 7.31. The third kappa shape index (κ3) is 4.68. The summed E-state index contributed by atoms with van der Waals surface area (Å²) in [4.78, 5) is 13.7. The van der Waals surface area contributed by atoms with Crippen molar-refractivity contribution in [3.63, 3.8) is 0 Å². The Morgan fingerprint density at radius 3 is 2.52 bits per heavy atom. The van der Waals surface area contributed by atoms with Crippen molar-refractivity contribution in [1.82, 2.24) is 19.7 Å². The van der Waals surface area contributed by atoms with E-state index in [1.54, 1.807) is 19.2 Å². The summed E-state index contributed by atoms with van der Waals surface area (Å²) in [5, 5.41) is 18.9. The molecule has 8 heteroatoms. The van der Waals surface area contributed by atoms with Gasteiger partial charge in [0.2, 0.25) is 5.91 Å². The monoisotopic (exact) mass is 402 g/mol. The van der Waals surface area contributed by atoms with Gasteiger partial charge in [-0.1, -0.05) is 41.6 Å². The minimum absolute atomic E-state index is 0.0617. The number of aliphatic hydroxyl groups excluding tert-OH is 1. The van der Waals surface area contributed by atoms with Gasteiger partial charge in [0.25, 0.3) is 0 Å². The SMILES string of the molecule is CN(CCO)C(=O)CSc1nnc(-c2ccc(Cl)cc2)n1-c1ccccc1. The summed E-state index contributed by atoms with van der Waals surface area (Å²) in [6.07, 6.45) is 0. The molecule has 0 unspecified atom stereocenters. The highest BCUT2D eigenvalue weighted by molar-refractivity contribution is 7.99. The zero-order valence-corrected chi connectivity index (χ0v) is 16.3. The predicted octanol–water partition coefficient (Wildman–Crippen LogP) is 3.13. The summed E-state index contributed by atoms with van der Waals surface area (Å²) in [6.45, 7) is 0.245. The molecule has 3 rings (SSSR count). The number of nitrogens with zero attached hydrogens (tertiary/aromatic N) is 4. The predicted molar refractivity (Wildman–Crippen MR) is 107 cm³/mol. The van der Waals surface area contributed by atoms with E-state index in [9.17, 15) is 4.79 Å². The van der Waals surface area contributed by atoms with Crippen molar-refractivity contribution in [1.29, 1.82) is 0 Å². The molecule has 1 N–H and O–H groups in total. The number of hydrogen-bond acceptors (Lipinski definition) is 5. The number of carbonyl (C=O) groups is 1. The molecule has 3 aromatic rings. The number of likely N-dealkylation sites (N-methyl/N-ethyl adjacent to an activating group) is 1. The summed E-state index contributed by atoms with van der Waals surface area (Å²) in [7, 11) is 1.67. The van der Waals surface area contributed by atoms with Crippen molar-refractivity contribution in [3.05, 3.63) is 59.6 Å². The normalized spacial score (nSPS) is 10.8.